The maximum absolute atomic E-state index is 9.97. The van der Waals surface area contributed by atoms with Gasteiger partial charge in [-0.1, -0.05) is 243 Å². The summed E-state index contributed by atoms with van der Waals surface area (Å²) in [5.41, 5.74) is 24.6. The number of aromatic nitrogens is 2. The van der Waals surface area contributed by atoms with E-state index in [9.17, 15) is 10.5 Å². The molecule has 2 aromatic heterocycles. The van der Waals surface area contributed by atoms with Gasteiger partial charge in [0.2, 0.25) is 0 Å². The van der Waals surface area contributed by atoms with E-state index in [-0.39, 0.29) is 0 Å². The monoisotopic (exact) mass is 1160 g/mol. The first-order valence-electron chi connectivity index (χ1n) is 30.8. The zero-order valence-electron chi connectivity index (χ0n) is 49.6. The second-order valence-corrected chi connectivity index (χ2v) is 23.4. The van der Waals surface area contributed by atoms with Crippen LogP contribution in [0.4, 0.5) is 0 Å². The maximum Gasteiger partial charge on any atom is 0.0991 e. The van der Waals surface area contributed by atoms with Crippen molar-refractivity contribution in [3.8, 4) is 90.3 Å². The Morgan fingerprint density at radius 1 is 0.209 bits per heavy atom. The van der Waals surface area contributed by atoms with Gasteiger partial charge in [0.15, 0.2) is 0 Å². The van der Waals surface area contributed by atoms with Crippen LogP contribution in [0, 0.1) is 22.7 Å². The molecule has 4 nitrogen and oxygen atoms in total. The molecule has 0 N–H and O–H groups in total. The number of nitrogens with zero attached hydrogens (tertiary/aromatic N) is 4. The lowest BCUT2D eigenvalue weighted by Gasteiger charge is -2.37. The molecule has 4 heteroatoms. The Bertz CT molecular complexity index is 4940. The summed E-state index contributed by atoms with van der Waals surface area (Å²) < 4.78 is 4.83. The van der Waals surface area contributed by atoms with Gasteiger partial charge in [-0.2, -0.15) is 10.5 Å². The fraction of sp³-hybridized carbons (Fsp3) is 0.0115. The Balaban J connectivity index is 0.908. The lowest BCUT2D eigenvalue weighted by Crippen LogP contribution is -2.31. The zero-order valence-corrected chi connectivity index (χ0v) is 49.6. The van der Waals surface area contributed by atoms with E-state index in [1.165, 1.54) is 66.1 Å². The summed E-state index contributed by atoms with van der Waals surface area (Å²) in [7, 11) is 0. The standard InChI is InChI=1S/C87H56N4/c88-57-59-15-13-25-67(51-59)65-27-35-73(36-28-65)87(74-37-29-66(30-38-74)68-26-14-16-60(52-68)58-89,75-39-43-77(44-40-75)90-83-47-31-69(61-17-5-1-6-18-61)53-79(83)80-54-70(32-48-84(80)90)62-19-7-2-8-20-62)76-41-45-78(46-42-76)91-85-49-33-71(63-21-9-3-10-22-63)55-81(85)82-56-72(34-50-86(82)91)64-23-11-4-12-24-64/h1-56H. The average Bonchev–Trinajstić information content (AvgIpc) is 1.78. The van der Waals surface area contributed by atoms with Crippen LogP contribution in [0.5, 0.6) is 0 Å². The van der Waals surface area contributed by atoms with Crippen LogP contribution in [0.3, 0.4) is 0 Å². The fourth-order valence-electron chi connectivity index (χ4n) is 13.9. The van der Waals surface area contributed by atoms with Gasteiger partial charge in [0.25, 0.3) is 0 Å². The lowest BCUT2D eigenvalue weighted by molar-refractivity contribution is 0.744. The summed E-state index contributed by atoms with van der Waals surface area (Å²) in [6.45, 7) is 0. The van der Waals surface area contributed by atoms with Crippen molar-refractivity contribution in [1.82, 2.24) is 9.13 Å². The van der Waals surface area contributed by atoms with Crippen LogP contribution in [0.25, 0.3) is 122 Å². The Morgan fingerprint density at radius 3 is 0.714 bits per heavy atom. The highest BCUT2D eigenvalue weighted by Gasteiger charge is 2.39. The van der Waals surface area contributed by atoms with Crippen molar-refractivity contribution in [1.29, 1.82) is 10.5 Å². The van der Waals surface area contributed by atoms with Crippen LogP contribution in [0.15, 0.2) is 340 Å². The van der Waals surface area contributed by atoms with E-state index in [1.54, 1.807) is 0 Å². The molecule has 424 valence electrons. The third-order valence-electron chi connectivity index (χ3n) is 18.4. The van der Waals surface area contributed by atoms with Crippen LogP contribution >= 0.6 is 0 Å². The minimum absolute atomic E-state index is 0.615. The number of benzene rings is 14. The maximum atomic E-state index is 9.97. The largest absolute Gasteiger partial charge is 0.309 e. The van der Waals surface area contributed by atoms with E-state index < -0.39 is 5.41 Å². The molecule has 91 heavy (non-hydrogen) atoms. The second kappa shape index (κ2) is 22.7. The molecule has 0 spiro atoms. The molecular weight excluding hydrogens is 1100 g/mol. The van der Waals surface area contributed by atoms with E-state index in [0.29, 0.717) is 11.1 Å². The number of fused-ring (bicyclic) bond motifs is 6. The average molecular weight is 1160 g/mol. The highest BCUT2D eigenvalue weighted by atomic mass is 15.0. The zero-order chi connectivity index (χ0) is 60.8. The van der Waals surface area contributed by atoms with E-state index in [2.05, 4.69) is 325 Å². The summed E-state index contributed by atoms with van der Waals surface area (Å²) >= 11 is 0. The van der Waals surface area contributed by atoms with Crippen molar-refractivity contribution in [2.45, 2.75) is 5.41 Å². The summed E-state index contributed by atoms with van der Waals surface area (Å²) in [6.07, 6.45) is 0. The van der Waals surface area contributed by atoms with Gasteiger partial charge in [-0.25, -0.2) is 0 Å². The molecule has 0 saturated carbocycles. The Hall–Kier alpha value is -12.3. The molecule has 2 heterocycles. The SMILES string of the molecule is N#Cc1cccc(-c2ccc(C(c3ccc(-c4cccc(C#N)c4)cc3)(c3ccc(-n4c5ccc(-c6ccccc6)cc5c5cc(-c6ccccc6)ccc54)cc3)c3ccc(-n4c5ccc(-c6ccccc6)cc5c5cc(-c6ccccc6)ccc54)cc3)cc2)c1. The van der Waals surface area contributed by atoms with Gasteiger partial charge in [0.1, 0.15) is 0 Å². The van der Waals surface area contributed by atoms with E-state index in [4.69, 9.17) is 0 Å². The molecular formula is C87H56N4. The summed E-state index contributed by atoms with van der Waals surface area (Å²) in [6, 6.07) is 127. The molecule has 0 fully saturated rings. The van der Waals surface area contributed by atoms with Crippen LogP contribution in [-0.2, 0) is 5.41 Å². The minimum atomic E-state index is -0.886. The Kier molecular flexibility index (Phi) is 13.5. The van der Waals surface area contributed by atoms with Crippen molar-refractivity contribution in [3.63, 3.8) is 0 Å². The normalized spacial score (nSPS) is 11.5. The topological polar surface area (TPSA) is 57.4 Å². The van der Waals surface area contributed by atoms with Crippen molar-refractivity contribution >= 4 is 43.6 Å². The molecule has 0 bridgehead atoms. The highest BCUT2D eigenvalue weighted by molar-refractivity contribution is 6.13. The van der Waals surface area contributed by atoms with E-state index >= 15 is 0 Å². The molecule has 16 rings (SSSR count). The van der Waals surface area contributed by atoms with E-state index in [1.807, 2.05) is 36.4 Å². The predicted octanol–water partition coefficient (Wildman–Crippen LogP) is 22.0. The number of rotatable bonds is 12. The fourth-order valence-corrected chi connectivity index (χ4v) is 13.9. The predicted molar refractivity (Wildman–Crippen MR) is 375 cm³/mol. The van der Waals surface area contributed by atoms with Gasteiger partial charge in [0.05, 0.1) is 50.7 Å². The molecule has 0 aliphatic carbocycles. The van der Waals surface area contributed by atoms with Gasteiger partial charge >= 0.3 is 0 Å². The molecule has 0 atom stereocenters. The van der Waals surface area contributed by atoms with Gasteiger partial charge in [0, 0.05) is 32.9 Å². The number of hydrogen-bond donors (Lipinski definition) is 0. The smallest absolute Gasteiger partial charge is 0.0991 e. The van der Waals surface area contributed by atoms with Crippen LogP contribution in [-0.4, -0.2) is 9.13 Å². The van der Waals surface area contributed by atoms with Crippen molar-refractivity contribution in [3.05, 3.63) is 373 Å². The van der Waals surface area contributed by atoms with E-state index in [0.717, 1.165) is 77.9 Å². The molecule has 0 radical (unpaired) electrons. The quantitative estimate of drug-likeness (QED) is 0.114. The molecule has 0 unspecified atom stereocenters. The molecule has 0 saturated heterocycles. The molecule has 0 aliphatic rings. The molecule has 16 aromatic rings. The number of nitriles is 2. The highest BCUT2D eigenvalue weighted by Crippen LogP contribution is 2.48. The first kappa shape index (κ1) is 54.1. The van der Waals surface area contributed by atoms with Gasteiger partial charge < -0.3 is 9.13 Å². The van der Waals surface area contributed by atoms with Gasteiger partial charge in [-0.05, 0) is 186 Å². The first-order chi connectivity index (χ1) is 45.0. The van der Waals surface area contributed by atoms with Crippen molar-refractivity contribution < 1.29 is 0 Å². The van der Waals surface area contributed by atoms with Gasteiger partial charge in [-0.15, -0.1) is 0 Å². The lowest BCUT2D eigenvalue weighted by atomic mass is 9.65. The molecule has 14 aromatic carbocycles. The third kappa shape index (κ3) is 9.56. The first-order valence-corrected chi connectivity index (χ1v) is 30.8. The van der Waals surface area contributed by atoms with Crippen LogP contribution in [0.2, 0.25) is 0 Å². The number of hydrogen-bond acceptors (Lipinski definition) is 2. The summed E-state index contributed by atoms with van der Waals surface area (Å²) in [5, 5.41) is 24.7. The molecule has 0 aliphatic heterocycles. The van der Waals surface area contributed by atoms with Gasteiger partial charge in [-0.3, -0.25) is 0 Å². The molecule has 0 amide bonds. The second-order valence-electron chi connectivity index (χ2n) is 23.4. The van der Waals surface area contributed by atoms with Crippen LogP contribution in [0.1, 0.15) is 33.4 Å². The Morgan fingerprint density at radius 2 is 0.440 bits per heavy atom. The Labute approximate surface area is 529 Å². The third-order valence-corrected chi connectivity index (χ3v) is 18.4. The van der Waals surface area contributed by atoms with Crippen LogP contribution < -0.4 is 0 Å². The van der Waals surface area contributed by atoms with Crippen molar-refractivity contribution in [2.24, 2.45) is 0 Å². The van der Waals surface area contributed by atoms with Crippen molar-refractivity contribution in [2.75, 3.05) is 0 Å². The summed E-state index contributed by atoms with van der Waals surface area (Å²) in [4.78, 5) is 0. The minimum Gasteiger partial charge on any atom is -0.309 e. The summed E-state index contributed by atoms with van der Waals surface area (Å²) in [5.74, 6) is 0.